The van der Waals surface area contributed by atoms with E-state index in [4.69, 9.17) is 4.42 Å². The maximum absolute atomic E-state index is 12.0. The van der Waals surface area contributed by atoms with Crippen molar-refractivity contribution < 1.29 is 31.9 Å². The minimum Gasteiger partial charge on any atom is -0.466 e. The van der Waals surface area contributed by atoms with Crippen molar-refractivity contribution in [1.82, 2.24) is 10.9 Å². The van der Waals surface area contributed by atoms with E-state index >= 15 is 0 Å². The molecule has 2 N–H and O–H groups in total. The molecule has 1 aromatic heterocycles. The van der Waals surface area contributed by atoms with E-state index in [1.54, 1.807) is 19.9 Å². The second-order valence-electron chi connectivity index (χ2n) is 5.54. The molecule has 0 aliphatic rings. The summed E-state index contributed by atoms with van der Waals surface area (Å²) < 4.78 is 45.8. The van der Waals surface area contributed by atoms with Crippen LogP contribution in [0.4, 0.5) is 13.2 Å². The summed E-state index contributed by atoms with van der Waals surface area (Å²) in [5, 5.41) is 0. The van der Waals surface area contributed by atoms with Gasteiger partial charge in [-0.15, -0.1) is 0 Å². The lowest BCUT2D eigenvalue weighted by Crippen LogP contribution is -2.41. The Morgan fingerprint density at radius 3 is 2.23 bits per heavy atom. The first kappa shape index (κ1) is 19.5. The predicted molar refractivity (Wildman–Crippen MR) is 85.3 cm³/mol. The molecular weight excluding hydrogens is 353 g/mol. The standard InChI is InChI=1S/C17H17F3N2O4/c1-10-7-14(11(2)26-10)16(24)22-21-15(23)13-5-3-12(4-6-13)8-25-9-17(18,19)20/h3-7H,8-9H2,1-2H3,(H,21,23)(H,22,24). The van der Waals surface area contributed by atoms with E-state index in [0.717, 1.165) is 0 Å². The van der Waals surface area contributed by atoms with Crippen molar-refractivity contribution in [2.75, 3.05) is 6.61 Å². The van der Waals surface area contributed by atoms with Crippen LogP contribution in [-0.4, -0.2) is 24.6 Å². The van der Waals surface area contributed by atoms with Gasteiger partial charge in [-0.25, -0.2) is 0 Å². The molecule has 0 aliphatic carbocycles. The third-order valence-electron chi connectivity index (χ3n) is 3.33. The molecule has 1 heterocycles. The van der Waals surface area contributed by atoms with E-state index in [-0.39, 0.29) is 12.2 Å². The molecule has 0 fully saturated rings. The molecule has 0 radical (unpaired) electrons. The lowest BCUT2D eigenvalue weighted by molar-refractivity contribution is -0.176. The minimum atomic E-state index is -4.39. The molecule has 26 heavy (non-hydrogen) atoms. The first-order valence-electron chi connectivity index (χ1n) is 7.57. The quantitative estimate of drug-likeness (QED) is 0.793. The summed E-state index contributed by atoms with van der Waals surface area (Å²) in [6.45, 7) is 1.76. The molecular formula is C17H17F3N2O4. The largest absolute Gasteiger partial charge is 0.466 e. The Labute approximate surface area is 147 Å². The molecule has 0 bridgehead atoms. The van der Waals surface area contributed by atoms with Crippen molar-refractivity contribution >= 4 is 11.8 Å². The summed E-state index contributed by atoms with van der Waals surface area (Å²) >= 11 is 0. The summed E-state index contributed by atoms with van der Waals surface area (Å²) in [6.07, 6.45) is -4.39. The summed E-state index contributed by atoms with van der Waals surface area (Å²) in [5.74, 6) is -0.0939. The van der Waals surface area contributed by atoms with Crippen LogP contribution in [-0.2, 0) is 11.3 Å². The lowest BCUT2D eigenvalue weighted by Gasteiger charge is -2.09. The third-order valence-corrected chi connectivity index (χ3v) is 3.33. The number of amides is 2. The maximum atomic E-state index is 12.0. The number of benzene rings is 1. The fourth-order valence-electron chi connectivity index (χ4n) is 2.15. The Morgan fingerprint density at radius 2 is 1.69 bits per heavy atom. The van der Waals surface area contributed by atoms with Gasteiger partial charge in [0.25, 0.3) is 11.8 Å². The molecule has 0 saturated carbocycles. The maximum Gasteiger partial charge on any atom is 0.411 e. The van der Waals surface area contributed by atoms with E-state index in [9.17, 15) is 22.8 Å². The van der Waals surface area contributed by atoms with Gasteiger partial charge in [0.15, 0.2) is 0 Å². The summed E-state index contributed by atoms with van der Waals surface area (Å²) in [7, 11) is 0. The number of alkyl halides is 3. The van der Waals surface area contributed by atoms with Gasteiger partial charge in [-0.3, -0.25) is 20.4 Å². The molecule has 0 spiro atoms. The molecule has 140 valence electrons. The van der Waals surface area contributed by atoms with E-state index in [1.165, 1.54) is 24.3 Å². The van der Waals surface area contributed by atoms with E-state index in [0.29, 0.717) is 22.6 Å². The number of hydrazine groups is 1. The lowest BCUT2D eigenvalue weighted by atomic mass is 10.1. The van der Waals surface area contributed by atoms with Crippen molar-refractivity contribution in [1.29, 1.82) is 0 Å². The number of rotatable bonds is 5. The van der Waals surface area contributed by atoms with Gasteiger partial charge >= 0.3 is 6.18 Å². The average molecular weight is 370 g/mol. The third kappa shape index (κ3) is 5.62. The molecule has 0 saturated heterocycles. The molecule has 2 amide bonds. The second-order valence-corrected chi connectivity index (χ2v) is 5.54. The van der Waals surface area contributed by atoms with Crippen LogP contribution in [0.5, 0.6) is 0 Å². The van der Waals surface area contributed by atoms with Crippen molar-refractivity contribution in [3.05, 3.63) is 58.5 Å². The molecule has 6 nitrogen and oxygen atoms in total. The summed E-state index contributed by atoms with van der Waals surface area (Å²) in [5.41, 5.74) is 5.54. The summed E-state index contributed by atoms with van der Waals surface area (Å²) in [4.78, 5) is 24.0. The number of carbonyl (C=O) groups is 2. The van der Waals surface area contributed by atoms with Gasteiger partial charge < -0.3 is 9.15 Å². The van der Waals surface area contributed by atoms with Gasteiger partial charge in [-0.2, -0.15) is 13.2 Å². The number of carbonyl (C=O) groups excluding carboxylic acids is 2. The zero-order valence-corrected chi connectivity index (χ0v) is 14.1. The molecule has 0 aliphatic heterocycles. The number of furan rings is 1. The van der Waals surface area contributed by atoms with Crippen LogP contribution in [0.2, 0.25) is 0 Å². The Balaban J connectivity index is 1.85. The van der Waals surface area contributed by atoms with Crippen molar-refractivity contribution in [2.24, 2.45) is 0 Å². The fraction of sp³-hybridized carbons (Fsp3) is 0.294. The van der Waals surface area contributed by atoms with Crippen molar-refractivity contribution in [3.8, 4) is 0 Å². The second kappa shape index (κ2) is 8.05. The van der Waals surface area contributed by atoms with Crippen LogP contribution in [0, 0.1) is 13.8 Å². The molecule has 0 atom stereocenters. The van der Waals surface area contributed by atoms with Crippen LogP contribution < -0.4 is 10.9 Å². The SMILES string of the molecule is Cc1cc(C(=O)NNC(=O)c2ccc(COCC(F)(F)F)cc2)c(C)o1. The van der Waals surface area contributed by atoms with Crippen molar-refractivity contribution in [3.63, 3.8) is 0 Å². The van der Waals surface area contributed by atoms with Crippen LogP contribution >= 0.6 is 0 Å². The van der Waals surface area contributed by atoms with Gasteiger partial charge in [-0.1, -0.05) is 12.1 Å². The van der Waals surface area contributed by atoms with E-state index in [1.807, 2.05) is 0 Å². The van der Waals surface area contributed by atoms with Gasteiger partial charge in [0.05, 0.1) is 12.2 Å². The van der Waals surface area contributed by atoms with Crippen LogP contribution in [0.25, 0.3) is 0 Å². The molecule has 9 heteroatoms. The smallest absolute Gasteiger partial charge is 0.411 e. The normalized spacial score (nSPS) is 11.3. The predicted octanol–water partition coefficient (Wildman–Crippen LogP) is 3.05. The Morgan fingerprint density at radius 1 is 1.08 bits per heavy atom. The Bertz CT molecular complexity index is 782. The topological polar surface area (TPSA) is 80.6 Å². The van der Waals surface area contributed by atoms with Gasteiger partial charge in [0, 0.05) is 5.56 Å². The highest BCUT2D eigenvalue weighted by molar-refractivity contribution is 5.99. The van der Waals surface area contributed by atoms with Gasteiger partial charge in [0.2, 0.25) is 0 Å². The van der Waals surface area contributed by atoms with Gasteiger partial charge in [0.1, 0.15) is 18.1 Å². The number of halogens is 3. The van der Waals surface area contributed by atoms with Gasteiger partial charge in [-0.05, 0) is 37.6 Å². The van der Waals surface area contributed by atoms with Crippen LogP contribution in [0.3, 0.4) is 0 Å². The highest BCUT2D eigenvalue weighted by atomic mass is 19.4. The molecule has 2 aromatic rings. The number of hydrogen-bond donors (Lipinski definition) is 2. The zero-order chi connectivity index (χ0) is 19.3. The van der Waals surface area contributed by atoms with Crippen molar-refractivity contribution in [2.45, 2.75) is 26.6 Å². The Hall–Kier alpha value is -2.81. The monoisotopic (exact) mass is 370 g/mol. The van der Waals surface area contributed by atoms with Crippen LogP contribution in [0.1, 0.15) is 37.8 Å². The molecule has 1 aromatic carbocycles. The fourth-order valence-corrected chi connectivity index (χ4v) is 2.15. The zero-order valence-electron chi connectivity index (χ0n) is 14.1. The highest BCUT2D eigenvalue weighted by Crippen LogP contribution is 2.16. The summed E-state index contributed by atoms with van der Waals surface area (Å²) in [6, 6.07) is 7.32. The number of ether oxygens (including phenoxy) is 1. The van der Waals surface area contributed by atoms with E-state index < -0.39 is 24.6 Å². The number of hydrogen-bond acceptors (Lipinski definition) is 4. The van der Waals surface area contributed by atoms with Crippen LogP contribution in [0.15, 0.2) is 34.7 Å². The Kier molecular flexibility index (Phi) is 6.04. The first-order valence-corrected chi connectivity index (χ1v) is 7.57. The van der Waals surface area contributed by atoms with E-state index in [2.05, 4.69) is 15.6 Å². The number of nitrogens with one attached hydrogen (secondary N) is 2. The first-order chi connectivity index (χ1) is 12.2. The highest BCUT2D eigenvalue weighted by Gasteiger charge is 2.27. The minimum absolute atomic E-state index is 0.225. The number of aryl methyl sites for hydroxylation is 2. The molecule has 2 rings (SSSR count). The molecule has 0 unspecified atom stereocenters. The average Bonchev–Trinajstić information content (AvgIpc) is 2.90.